The molecule has 3 atom stereocenters. The molecule has 16 heavy (non-hydrogen) atoms. The SMILES string of the molecule is CC1(C)C2C(C(N)=O)N([O-])C2C(C)(C)N1O. The summed E-state index contributed by atoms with van der Waals surface area (Å²) in [4.78, 5) is 11.2. The number of nitrogens with two attached hydrogens (primary N) is 1. The third-order valence-electron chi connectivity index (χ3n) is 4.15. The standard InChI is InChI=1S/C10H18N3O3/c1-9(2)5-6(8(11)14)12(15)7(5)10(3,4)13(9)16/h5-7,16H,1-4H3,(H2,11,14)/q-1. The molecule has 1 amide bonds. The smallest absolute Gasteiger partial charge is 0.234 e. The molecule has 0 aromatic heterocycles. The largest absolute Gasteiger partial charge is 0.784 e. The van der Waals surface area contributed by atoms with Crippen LogP contribution in [0.4, 0.5) is 0 Å². The second-order valence-electron chi connectivity index (χ2n) is 5.80. The van der Waals surface area contributed by atoms with Gasteiger partial charge in [-0.3, -0.25) is 4.79 Å². The van der Waals surface area contributed by atoms with Gasteiger partial charge in [-0.2, -0.15) is 5.06 Å². The van der Waals surface area contributed by atoms with Crippen LogP contribution in [-0.4, -0.2) is 44.4 Å². The van der Waals surface area contributed by atoms with Gasteiger partial charge < -0.3 is 21.2 Å². The van der Waals surface area contributed by atoms with Gasteiger partial charge in [-0.25, -0.2) is 0 Å². The number of primary amides is 1. The Balaban J connectivity index is 2.41. The lowest BCUT2D eigenvalue weighted by Crippen LogP contribution is -2.71. The van der Waals surface area contributed by atoms with Gasteiger partial charge in [0.25, 0.3) is 0 Å². The van der Waals surface area contributed by atoms with Crippen LogP contribution in [0.2, 0.25) is 0 Å². The summed E-state index contributed by atoms with van der Waals surface area (Å²) in [5.74, 6) is -0.835. The predicted molar refractivity (Wildman–Crippen MR) is 57.2 cm³/mol. The molecule has 2 rings (SSSR count). The van der Waals surface area contributed by atoms with Crippen molar-refractivity contribution in [2.24, 2.45) is 11.7 Å². The maximum atomic E-state index is 11.8. The van der Waals surface area contributed by atoms with Crippen LogP contribution in [0.5, 0.6) is 0 Å². The Labute approximate surface area is 94.5 Å². The van der Waals surface area contributed by atoms with E-state index in [1.54, 1.807) is 13.8 Å². The first-order chi connectivity index (χ1) is 7.13. The predicted octanol–water partition coefficient (Wildman–Crippen LogP) is -0.0995. The molecule has 0 aliphatic carbocycles. The summed E-state index contributed by atoms with van der Waals surface area (Å²) in [6.45, 7) is 7.23. The molecule has 92 valence electrons. The molecule has 0 radical (unpaired) electrons. The van der Waals surface area contributed by atoms with E-state index in [4.69, 9.17) is 5.73 Å². The second-order valence-corrected chi connectivity index (χ2v) is 5.80. The minimum absolute atomic E-state index is 0.220. The van der Waals surface area contributed by atoms with E-state index >= 15 is 0 Å². The Bertz CT molecular complexity index is 342. The fourth-order valence-electron chi connectivity index (χ4n) is 3.40. The average Bonchev–Trinajstić information content (AvgIpc) is 2.20. The molecule has 0 aromatic rings. The Hall–Kier alpha value is -0.690. The molecule has 6 nitrogen and oxygen atoms in total. The zero-order chi connectivity index (χ0) is 12.5. The molecule has 2 aliphatic rings. The Morgan fingerprint density at radius 1 is 1.31 bits per heavy atom. The van der Waals surface area contributed by atoms with Crippen molar-refractivity contribution >= 4 is 5.91 Å². The van der Waals surface area contributed by atoms with Crippen LogP contribution >= 0.6 is 0 Å². The van der Waals surface area contributed by atoms with E-state index in [1.165, 1.54) is 5.06 Å². The minimum atomic E-state index is -0.823. The Morgan fingerprint density at radius 3 is 2.25 bits per heavy atom. The van der Waals surface area contributed by atoms with E-state index < -0.39 is 23.0 Å². The lowest BCUT2D eigenvalue weighted by Gasteiger charge is -2.60. The van der Waals surface area contributed by atoms with Gasteiger partial charge in [0.05, 0.1) is 11.6 Å². The zero-order valence-electron chi connectivity index (χ0n) is 9.97. The first-order valence-corrected chi connectivity index (χ1v) is 5.37. The van der Waals surface area contributed by atoms with Gasteiger partial charge in [0, 0.05) is 17.5 Å². The quantitative estimate of drug-likeness (QED) is 0.653. The van der Waals surface area contributed by atoms with Crippen molar-refractivity contribution in [1.29, 1.82) is 0 Å². The van der Waals surface area contributed by atoms with Crippen LogP contribution in [-0.2, 0) is 4.79 Å². The summed E-state index contributed by atoms with van der Waals surface area (Å²) in [5.41, 5.74) is 3.94. The van der Waals surface area contributed by atoms with Crippen molar-refractivity contribution in [1.82, 2.24) is 10.1 Å². The fraction of sp³-hybridized carbons (Fsp3) is 0.900. The number of nitrogens with zero attached hydrogens (tertiary/aromatic N) is 2. The van der Waals surface area contributed by atoms with Crippen molar-refractivity contribution in [2.75, 3.05) is 0 Å². The third-order valence-corrected chi connectivity index (χ3v) is 4.15. The van der Waals surface area contributed by atoms with Crippen molar-refractivity contribution in [3.05, 3.63) is 5.21 Å². The molecule has 2 aliphatic heterocycles. The van der Waals surface area contributed by atoms with Crippen LogP contribution in [0, 0.1) is 11.1 Å². The third kappa shape index (κ3) is 1.08. The van der Waals surface area contributed by atoms with Gasteiger partial charge in [0.2, 0.25) is 5.91 Å². The van der Waals surface area contributed by atoms with Crippen molar-refractivity contribution < 1.29 is 10.0 Å². The first kappa shape index (κ1) is 11.8. The molecule has 2 heterocycles. The van der Waals surface area contributed by atoms with Gasteiger partial charge in [-0.05, 0) is 27.7 Å². The number of carbonyl (C=O) groups excluding carboxylic acids is 1. The highest BCUT2D eigenvalue weighted by Gasteiger charge is 2.68. The van der Waals surface area contributed by atoms with E-state index in [-0.39, 0.29) is 12.0 Å². The molecule has 0 aromatic carbocycles. The monoisotopic (exact) mass is 228 g/mol. The molecular weight excluding hydrogens is 210 g/mol. The average molecular weight is 228 g/mol. The molecule has 6 heteroatoms. The van der Waals surface area contributed by atoms with E-state index in [0.717, 1.165) is 5.06 Å². The summed E-state index contributed by atoms with van der Waals surface area (Å²) >= 11 is 0. The van der Waals surface area contributed by atoms with E-state index in [2.05, 4.69) is 0 Å². The zero-order valence-corrected chi connectivity index (χ0v) is 9.97. The maximum Gasteiger partial charge on any atom is 0.234 e. The van der Waals surface area contributed by atoms with Gasteiger partial charge >= 0.3 is 0 Å². The van der Waals surface area contributed by atoms with Crippen molar-refractivity contribution in [3.63, 3.8) is 0 Å². The van der Waals surface area contributed by atoms with Crippen LogP contribution < -0.4 is 5.73 Å². The van der Waals surface area contributed by atoms with Crippen molar-refractivity contribution in [3.8, 4) is 0 Å². The van der Waals surface area contributed by atoms with Crippen LogP contribution in [0.1, 0.15) is 27.7 Å². The highest BCUT2D eigenvalue weighted by molar-refractivity contribution is 5.82. The number of amides is 1. The van der Waals surface area contributed by atoms with Gasteiger partial charge in [-0.1, -0.05) is 0 Å². The number of rotatable bonds is 1. The van der Waals surface area contributed by atoms with E-state index in [0.29, 0.717) is 0 Å². The summed E-state index contributed by atoms with van der Waals surface area (Å²) in [6.07, 6.45) is 0. The molecule has 0 spiro atoms. The number of carbonyl (C=O) groups is 1. The summed E-state index contributed by atoms with van der Waals surface area (Å²) < 4.78 is 0. The van der Waals surface area contributed by atoms with Gasteiger partial charge in [0.1, 0.15) is 0 Å². The normalized spacial score (nSPS) is 41.5. The molecule has 2 saturated heterocycles. The topological polar surface area (TPSA) is 92.9 Å². The summed E-state index contributed by atoms with van der Waals surface area (Å²) in [6, 6.07) is -1.21. The van der Waals surface area contributed by atoms with Crippen LogP contribution in [0.15, 0.2) is 0 Å². The lowest BCUT2D eigenvalue weighted by atomic mass is 9.70. The highest BCUT2D eigenvalue weighted by atomic mass is 16.5. The molecule has 0 saturated carbocycles. The minimum Gasteiger partial charge on any atom is -0.784 e. The van der Waals surface area contributed by atoms with Gasteiger partial charge in [0.15, 0.2) is 0 Å². The number of hydrogen-bond donors (Lipinski definition) is 2. The molecular formula is C10H18N3O3-. The Kier molecular flexibility index (Phi) is 2.17. The molecule has 3 N–H and O–H groups in total. The summed E-state index contributed by atoms with van der Waals surface area (Å²) in [7, 11) is 0. The van der Waals surface area contributed by atoms with E-state index in [1.807, 2.05) is 13.8 Å². The highest BCUT2D eigenvalue weighted by Crippen LogP contribution is 2.54. The fourth-order valence-corrected chi connectivity index (χ4v) is 3.40. The summed E-state index contributed by atoms with van der Waals surface area (Å²) in [5, 5.41) is 23.8. The lowest BCUT2D eigenvalue weighted by molar-refractivity contribution is -0.195. The number of fused-ring (bicyclic) bond motifs is 1. The molecule has 2 fully saturated rings. The maximum absolute atomic E-state index is 11.8. The number of hydroxylamine groups is 4. The van der Waals surface area contributed by atoms with Gasteiger partial charge in [-0.15, -0.1) is 0 Å². The van der Waals surface area contributed by atoms with Crippen molar-refractivity contribution in [2.45, 2.75) is 50.9 Å². The van der Waals surface area contributed by atoms with E-state index in [9.17, 15) is 15.2 Å². The first-order valence-electron chi connectivity index (χ1n) is 5.37. The molecule has 3 unspecified atom stereocenters. The van der Waals surface area contributed by atoms with Crippen LogP contribution in [0.3, 0.4) is 0 Å². The van der Waals surface area contributed by atoms with Crippen LogP contribution in [0.25, 0.3) is 0 Å². The Morgan fingerprint density at radius 2 is 1.81 bits per heavy atom. The second kappa shape index (κ2) is 2.95. The molecule has 0 bridgehead atoms. The number of hydrogen-bond acceptors (Lipinski definition) is 5.